The zero-order valence-electron chi connectivity index (χ0n) is 11.0. The first-order valence-electron chi connectivity index (χ1n) is 7.11. The van der Waals surface area contributed by atoms with Gasteiger partial charge in [0.25, 0.3) is 0 Å². The van der Waals surface area contributed by atoms with Crippen molar-refractivity contribution in [2.75, 3.05) is 49.2 Å². The molecule has 1 aromatic carbocycles. The van der Waals surface area contributed by atoms with Crippen molar-refractivity contribution in [2.45, 2.75) is 19.3 Å². The van der Waals surface area contributed by atoms with Crippen LogP contribution < -0.4 is 9.80 Å². The second-order valence-corrected chi connectivity index (χ2v) is 5.16. The van der Waals surface area contributed by atoms with E-state index < -0.39 is 0 Å². The van der Waals surface area contributed by atoms with Gasteiger partial charge >= 0.3 is 0 Å². The Morgan fingerprint density at radius 1 is 0.667 bits per heavy atom. The minimum atomic E-state index is 0.855. The normalized spacial score (nSPS) is 21.1. The van der Waals surface area contributed by atoms with Crippen LogP contribution in [0.15, 0.2) is 24.3 Å². The van der Waals surface area contributed by atoms with E-state index >= 15 is 0 Å². The standard InChI is InChI=1S/C15H22N2O/c1-2-8-16(9-3-1)14-4-6-15(7-5-14)17-10-12-18-13-11-17/h4-7H,1-3,8-13H2. The number of anilines is 2. The highest BCUT2D eigenvalue weighted by atomic mass is 16.5. The van der Waals surface area contributed by atoms with E-state index in [1.807, 2.05) is 0 Å². The van der Waals surface area contributed by atoms with E-state index in [-0.39, 0.29) is 0 Å². The van der Waals surface area contributed by atoms with Crippen molar-refractivity contribution in [3.63, 3.8) is 0 Å². The number of hydrogen-bond donors (Lipinski definition) is 0. The molecule has 2 aliphatic rings. The zero-order chi connectivity index (χ0) is 12.2. The predicted molar refractivity (Wildman–Crippen MR) is 75.5 cm³/mol. The zero-order valence-corrected chi connectivity index (χ0v) is 11.0. The molecular formula is C15H22N2O. The van der Waals surface area contributed by atoms with Crippen LogP contribution in [0.25, 0.3) is 0 Å². The van der Waals surface area contributed by atoms with E-state index in [0.717, 1.165) is 26.3 Å². The number of morpholine rings is 1. The first kappa shape index (κ1) is 11.8. The van der Waals surface area contributed by atoms with Crippen LogP contribution in [0.1, 0.15) is 19.3 Å². The number of benzene rings is 1. The summed E-state index contributed by atoms with van der Waals surface area (Å²) in [6, 6.07) is 9.07. The third-order valence-electron chi connectivity index (χ3n) is 3.95. The Kier molecular flexibility index (Phi) is 3.69. The van der Waals surface area contributed by atoms with Crippen LogP contribution >= 0.6 is 0 Å². The summed E-state index contributed by atoms with van der Waals surface area (Å²) in [5, 5.41) is 0. The minimum Gasteiger partial charge on any atom is -0.378 e. The fraction of sp³-hybridized carbons (Fsp3) is 0.600. The number of piperidine rings is 1. The lowest BCUT2D eigenvalue weighted by atomic mass is 10.1. The lowest BCUT2D eigenvalue weighted by Crippen LogP contribution is -2.36. The van der Waals surface area contributed by atoms with Crippen molar-refractivity contribution in [2.24, 2.45) is 0 Å². The number of ether oxygens (including phenoxy) is 1. The van der Waals surface area contributed by atoms with Crippen molar-refractivity contribution in [1.82, 2.24) is 0 Å². The summed E-state index contributed by atoms with van der Waals surface area (Å²) in [4.78, 5) is 4.91. The Labute approximate surface area is 109 Å². The molecule has 0 spiro atoms. The summed E-state index contributed by atoms with van der Waals surface area (Å²) in [5.74, 6) is 0. The SMILES string of the molecule is c1cc(N2CCOCC2)ccc1N1CCCCC1. The topological polar surface area (TPSA) is 15.7 Å². The molecule has 0 aromatic heterocycles. The molecule has 98 valence electrons. The van der Waals surface area contributed by atoms with Crippen molar-refractivity contribution >= 4 is 11.4 Å². The molecule has 0 N–H and O–H groups in total. The van der Waals surface area contributed by atoms with Crippen LogP contribution in [0.5, 0.6) is 0 Å². The first-order valence-corrected chi connectivity index (χ1v) is 7.11. The maximum Gasteiger partial charge on any atom is 0.0642 e. The van der Waals surface area contributed by atoms with Gasteiger partial charge in [0.15, 0.2) is 0 Å². The molecule has 1 aromatic rings. The van der Waals surface area contributed by atoms with Gasteiger partial charge in [0.2, 0.25) is 0 Å². The maximum atomic E-state index is 5.39. The fourth-order valence-electron chi connectivity index (χ4n) is 2.85. The molecule has 0 unspecified atom stereocenters. The second-order valence-electron chi connectivity index (χ2n) is 5.16. The van der Waals surface area contributed by atoms with Crippen LogP contribution in [0.3, 0.4) is 0 Å². The van der Waals surface area contributed by atoms with E-state index in [1.54, 1.807) is 0 Å². The molecule has 3 heteroatoms. The Balaban J connectivity index is 1.67. The van der Waals surface area contributed by atoms with Gasteiger partial charge < -0.3 is 14.5 Å². The molecule has 0 aliphatic carbocycles. The van der Waals surface area contributed by atoms with E-state index in [0.29, 0.717) is 0 Å². The van der Waals surface area contributed by atoms with Crippen LogP contribution in [0.4, 0.5) is 11.4 Å². The average Bonchev–Trinajstić information content (AvgIpc) is 2.49. The summed E-state index contributed by atoms with van der Waals surface area (Å²) in [6.07, 6.45) is 4.07. The lowest BCUT2D eigenvalue weighted by Gasteiger charge is -2.31. The van der Waals surface area contributed by atoms with E-state index in [1.165, 1.54) is 43.7 Å². The van der Waals surface area contributed by atoms with Gasteiger partial charge in [0.1, 0.15) is 0 Å². The largest absolute Gasteiger partial charge is 0.378 e. The summed E-state index contributed by atoms with van der Waals surface area (Å²) >= 11 is 0. The van der Waals surface area contributed by atoms with Gasteiger partial charge in [0.05, 0.1) is 13.2 Å². The Hall–Kier alpha value is -1.22. The molecule has 2 aliphatic heterocycles. The summed E-state index contributed by atoms with van der Waals surface area (Å²) < 4.78 is 5.39. The van der Waals surface area contributed by atoms with Crippen LogP contribution in [-0.2, 0) is 4.74 Å². The molecule has 0 amide bonds. The van der Waals surface area contributed by atoms with Gasteiger partial charge in [-0.05, 0) is 43.5 Å². The number of hydrogen-bond acceptors (Lipinski definition) is 3. The summed E-state index contributed by atoms with van der Waals surface area (Å²) in [5.41, 5.74) is 2.71. The van der Waals surface area contributed by atoms with Crippen molar-refractivity contribution in [1.29, 1.82) is 0 Å². The molecule has 0 atom stereocenters. The number of nitrogens with zero attached hydrogens (tertiary/aromatic N) is 2. The van der Waals surface area contributed by atoms with Gasteiger partial charge in [-0.3, -0.25) is 0 Å². The predicted octanol–water partition coefficient (Wildman–Crippen LogP) is 2.51. The monoisotopic (exact) mass is 246 g/mol. The molecule has 0 radical (unpaired) electrons. The average molecular weight is 246 g/mol. The highest BCUT2D eigenvalue weighted by molar-refractivity contribution is 5.56. The van der Waals surface area contributed by atoms with E-state index in [4.69, 9.17) is 4.74 Å². The molecule has 3 nitrogen and oxygen atoms in total. The first-order chi connectivity index (χ1) is 8.93. The van der Waals surface area contributed by atoms with Gasteiger partial charge in [-0.2, -0.15) is 0 Å². The summed E-state index contributed by atoms with van der Waals surface area (Å²) in [6.45, 7) is 6.18. The molecular weight excluding hydrogens is 224 g/mol. The lowest BCUT2D eigenvalue weighted by molar-refractivity contribution is 0.122. The minimum absolute atomic E-state index is 0.855. The van der Waals surface area contributed by atoms with Gasteiger partial charge in [-0.25, -0.2) is 0 Å². The molecule has 0 saturated carbocycles. The van der Waals surface area contributed by atoms with Crippen molar-refractivity contribution in [3.05, 3.63) is 24.3 Å². The quantitative estimate of drug-likeness (QED) is 0.797. The highest BCUT2D eigenvalue weighted by Gasteiger charge is 2.13. The second kappa shape index (κ2) is 5.61. The maximum absolute atomic E-state index is 5.39. The van der Waals surface area contributed by atoms with Crippen LogP contribution in [0.2, 0.25) is 0 Å². The molecule has 3 rings (SSSR count). The Bertz CT molecular complexity index is 328. The van der Waals surface area contributed by atoms with Crippen LogP contribution in [0, 0.1) is 0 Å². The van der Waals surface area contributed by atoms with Gasteiger partial charge in [-0.1, -0.05) is 0 Å². The third kappa shape index (κ3) is 2.61. The molecule has 0 bridgehead atoms. The van der Waals surface area contributed by atoms with Crippen molar-refractivity contribution < 1.29 is 4.74 Å². The van der Waals surface area contributed by atoms with E-state index in [2.05, 4.69) is 34.1 Å². The fourth-order valence-corrected chi connectivity index (χ4v) is 2.85. The molecule has 2 heterocycles. The molecule has 2 fully saturated rings. The van der Waals surface area contributed by atoms with Crippen LogP contribution in [-0.4, -0.2) is 39.4 Å². The Morgan fingerprint density at radius 2 is 1.17 bits per heavy atom. The smallest absolute Gasteiger partial charge is 0.0642 e. The Morgan fingerprint density at radius 3 is 1.72 bits per heavy atom. The number of rotatable bonds is 2. The third-order valence-corrected chi connectivity index (χ3v) is 3.95. The van der Waals surface area contributed by atoms with Crippen molar-refractivity contribution in [3.8, 4) is 0 Å². The van der Waals surface area contributed by atoms with Gasteiger partial charge in [0, 0.05) is 37.6 Å². The summed E-state index contributed by atoms with van der Waals surface area (Å²) in [7, 11) is 0. The van der Waals surface area contributed by atoms with Gasteiger partial charge in [-0.15, -0.1) is 0 Å². The van der Waals surface area contributed by atoms with E-state index in [9.17, 15) is 0 Å². The molecule has 18 heavy (non-hydrogen) atoms. The highest BCUT2D eigenvalue weighted by Crippen LogP contribution is 2.23. The molecule has 2 saturated heterocycles.